The first-order valence-electron chi connectivity index (χ1n) is 8.55. The average Bonchev–Trinajstić information content (AvgIpc) is 2.63. The predicted molar refractivity (Wildman–Crippen MR) is 103 cm³/mol. The Bertz CT molecular complexity index is 1010. The number of terminal acetylenes is 1. The molecule has 0 aliphatic rings. The Morgan fingerprint density at radius 1 is 0.792 bits per heavy atom. The van der Waals surface area contributed by atoms with Crippen molar-refractivity contribution in [2.24, 2.45) is 0 Å². The third-order valence-electron chi connectivity index (χ3n) is 4.79. The van der Waals surface area contributed by atoms with E-state index in [9.17, 15) is 0 Å². The monoisotopic (exact) mass is 312 g/mol. The van der Waals surface area contributed by atoms with Gasteiger partial charge in [0.2, 0.25) is 0 Å². The highest BCUT2D eigenvalue weighted by atomic mass is 16.5. The summed E-state index contributed by atoms with van der Waals surface area (Å²) in [6.07, 6.45) is 8.44. The summed E-state index contributed by atoms with van der Waals surface area (Å²) < 4.78 is 5.36. The van der Waals surface area contributed by atoms with Crippen LogP contribution >= 0.6 is 0 Å². The van der Waals surface area contributed by atoms with Gasteiger partial charge in [-0.2, -0.15) is 0 Å². The van der Waals surface area contributed by atoms with Crippen LogP contribution in [0.2, 0.25) is 0 Å². The van der Waals surface area contributed by atoms with Crippen LogP contribution in [0.15, 0.2) is 54.6 Å². The Kier molecular flexibility index (Phi) is 4.07. The number of unbranched alkanes of at least 4 members (excludes halogenated alkanes) is 1. The van der Waals surface area contributed by atoms with Crippen LogP contribution in [0.25, 0.3) is 32.3 Å². The van der Waals surface area contributed by atoms with Gasteiger partial charge in [-0.05, 0) is 57.1 Å². The summed E-state index contributed by atoms with van der Waals surface area (Å²) in [5, 5.41) is 8.17. The van der Waals surface area contributed by atoms with Gasteiger partial charge in [-0.1, -0.05) is 60.5 Å². The Hall–Kier alpha value is -2.56. The highest BCUT2D eigenvalue weighted by Gasteiger charge is 2.10. The third kappa shape index (κ3) is 2.60. The van der Waals surface area contributed by atoms with Gasteiger partial charge in [-0.3, -0.25) is 0 Å². The molecule has 0 saturated carbocycles. The molecule has 4 aromatic carbocycles. The molecule has 0 aliphatic carbocycles. The van der Waals surface area contributed by atoms with Gasteiger partial charge < -0.3 is 4.74 Å². The first-order chi connectivity index (χ1) is 11.9. The molecule has 0 saturated heterocycles. The van der Waals surface area contributed by atoms with Crippen molar-refractivity contribution in [2.75, 3.05) is 13.2 Å². The minimum absolute atomic E-state index is 0.415. The van der Waals surface area contributed by atoms with Crippen LogP contribution in [0.4, 0.5) is 0 Å². The fourth-order valence-corrected chi connectivity index (χ4v) is 3.66. The van der Waals surface area contributed by atoms with Crippen LogP contribution in [-0.4, -0.2) is 13.2 Å². The fraction of sp³-hybridized carbons (Fsp3) is 0.217. The molecule has 4 rings (SSSR count). The fourth-order valence-electron chi connectivity index (χ4n) is 3.66. The first-order valence-corrected chi connectivity index (χ1v) is 8.55. The molecule has 0 unspecified atom stereocenters. The van der Waals surface area contributed by atoms with E-state index in [0.29, 0.717) is 6.61 Å². The number of benzene rings is 4. The molecule has 0 amide bonds. The lowest BCUT2D eigenvalue weighted by atomic mass is 9.91. The molecule has 24 heavy (non-hydrogen) atoms. The lowest BCUT2D eigenvalue weighted by Gasteiger charge is -2.13. The molecule has 0 radical (unpaired) electrons. The smallest absolute Gasteiger partial charge is 0.107 e. The molecular formula is C23H20O. The second-order valence-electron chi connectivity index (χ2n) is 6.29. The predicted octanol–water partition coefficient (Wildman–Crippen LogP) is 5.56. The van der Waals surface area contributed by atoms with Crippen LogP contribution in [0.5, 0.6) is 0 Å². The molecule has 0 fully saturated rings. The number of ether oxygens (including phenoxy) is 1. The topological polar surface area (TPSA) is 9.23 Å². The normalized spacial score (nSPS) is 11.5. The van der Waals surface area contributed by atoms with Gasteiger partial charge in [0.1, 0.15) is 6.61 Å². The summed E-state index contributed by atoms with van der Waals surface area (Å²) in [5.74, 6) is 2.51. The SMILES string of the molecule is C#CCOCCCCc1ccc2ccc3cccc4ccc1c2c34. The van der Waals surface area contributed by atoms with Gasteiger partial charge in [0.25, 0.3) is 0 Å². The van der Waals surface area contributed by atoms with E-state index in [-0.39, 0.29) is 0 Å². The molecule has 0 aliphatic heterocycles. The Morgan fingerprint density at radius 3 is 2.29 bits per heavy atom. The van der Waals surface area contributed by atoms with Crippen LogP contribution in [0.1, 0.15) is 18.4 Å². The third-order valence-corrected chi connectivity index (χ3v) is 4.79. The second kappa shape index (κ2) is 6.51. The number of aryl methyl sites for hydroxylation is 1. The maximum absolute atomic E-state index is 5.36. The van der Waals surface area contributed by atoms with E-state index in [1.54, 1.807) is 0 Å². The molecule has 0 spiro atoms. The van der Waals surface area contributed by atoms with Crippen molar-refractivity contribution in [1.82, 2.24) is 0 Å². The largest absolute Gasteiger partial charge is 0.369 e. The standard InChI is InChI=1S/C23H20O/c1-2-15-24-16-4-3-6-17-9-10-20-12-11-18-7-5-8-19-13-14-21(17)23(20)22(18)19/h1,5,7-14H,3-4,6,15-16H2. The number of hydrogen-bond acceptors (Lipinski definition) is 1. The highest BCUT2D eigenvalue weighted by molar-refractivity contribution is 6.23. The maximum atomic E-state index is 5.36. The molecule has 0 aromatic heterocycles. The molecule has 1 nitrogen and oxygen atoms in total. The zero-order valence-corrected chi connectivity index (χ0v) is 13.7. The molecule has 0 atom stereocenters. The Labute approximate surface area is 142 Å². The van der Waals surface area contributed by atoms with E-state index < -0.39 is 0 Å². The molecular weight excluding hydrogens is 292 g/mol. The molecule has 118 valence electrons. The van der Waals surface area contributed by atoms with Crippen LogP contribution in [0, 0.1) is 12.3 Å². The highest BCUT2D eigenvalue weighted by Crippen LogP contribution is 2.36. The molecule has 0 heterocycles. The van der Waals surface area contributed by atoms with Crippen molar-refractivity contribution in [1.29, 1.82) is 0 Å². The van der Waals surface area contributed by atoms with Crippen molar-refractivity contribution in [3.05, 3.63) is 60.2 Å². The zero-order chi connectivity index (χ0) is 16.4. The van der Waals surface area contributed by atoms with E-state index >= 15 is 0 Å². The van der Waals surface area contributed by atoms with E-state index in [2.05, 4.69) is 60.5 Å². The maximum Gasteiger partial charge on any atom is 0.107 e. The quantitative estimate of drug-likeness (QED) is 0.257. The summed E-state index contributed by atoms with van der Waals surface area (Å²) in [4.78, 5) is 0. The molecule has 4 aromatic rings. The lowest BCUT2D eigenvalue weighted by molar-refractivity contribution is 0.162. The van der Waals surface area contributed by atoms with Crippen LogP contribution in [0.3, 0.4) is 0 Å². The van der Waals surface area contributed by atoms with Crippen molar-refractivity contribution in [2.45, 2.75) is 19.3 Å². The summed E-state index contributed by atoms with van der Waals surface area (Å²) >= 11 is 0. The second-order valence-corrected chi connectivity index (χ2v) is 6.29. The van der Waals surface area contributed by atoms with E-state index in [1.807, 2.05) is 0 Å². The zero-order valence-electron chi connectivity index (χ0n) is 13.7. The van der Waals surface area contributed by atoms with E-state index in [1.165, 1.54) is 37.9 Å². The van der Waals surface area contributed by atoms with Gasteiger partial charge in [-0.15, -0.1) is 6.42 Å². The first kappa shape index (κ1) is 15.0. The van der Waals surface area contributed by atoms with E-state index in [4.69, 9.17) is 11.2 Å². The van der Waals surface area contributed by atoms with Crippen molar-refractivity contribution in [3.8, 4) is 12.3 Å². The molecule has 1 heteroatoms. The lowest BCUT2D eigenvalue weighted by Crippen LogP contribution is -1.96. The summed E-state index contributed by atoms with van der Waals surface area (Å²) in [6, 6.07) is 20.1. The minimum atomic E-state index is 0.415. The van der Waals surface area contributed by atoms with Crippen LogP contribution < -0.4 is 0 Å². The Balaban J connectivity index is 1.68. The van der Waals surface area contributed by atoms with Crippen molar-refractivity contribution in [3.63, 3.8) is 0 Å². The average molecular weight is 312 g/mol. The Morgan fingerprint density at radius 2 is 1.50 bits per heavy atom. The van der Waals surface area contributed by atoms with Crippen LogP contribution in [-0.2, 0) is 11.2 Å². The molecule has 0 bridgehead atoms. The van der Waals surface area contributed by atoms with E-state index in [0.717, 1.165) is 25.9 Å². The van der Waals surface area contributed by atoms with Gasteiger partial charge >= 0.3 is 0 Å². The minimum Gasteiger partial charge on any atom is -0.369 e. The van der Waals surface area contributed by atoms with Crippen molar-refractivity contribution < 1.29 is 4.74 Å². The van der Waals surface area contributed by atoms with Gasteiger partial charge in [0.05, 0.1) is 0 Å². The van der Waals surface area contributed by atoms with Gasteiger partial charge in [0, 0.05) is 6.61 Å². The van der Waals surface area contributed by atoms with Gasteiger partial charge in [-0.25, -0.2) is 0 Å². The molecule has 0 N–H and O–H groups in total. The summed E-state index contributed by atoms with van der Waals surface area (Å²) in [7, 11) is 0. The number of rotatable bonds is 6. The summed E-state index contributed by atoms with van der Waals surface area (Å²) in [5.41, 5.74) is 1.43. The summed E-state index contributed by atoms with van der Waals surface area (Å²) in [6.45, 7) is 1.16. The van der Waals surface area contributed by atoms with Gasteiger partial charge in [0.15, 0.2) is 0 Å². The van der Waals surface area contributed by atoms with Crippen molar-refractivity contribution >= 4 is 32.3 Å². The number of hydrogen-bond donors (Lipinski definition) is 0.